The van der Waals surface area contributed by atoms with Gasteiger partial charge in [-0.25, -0.2) is 4.98 Å². The lowest BCUT2D eigenvalue weighted by atomic mass is 10.4. The molecule has 0 spiro atoms. The summed E-state index contributed by atoms with van der Waals surface area (Å²) < 4.78 is 0. The summed E-state index contributed by atoms with van der Waals surface area (Å²) in [4.78, 5) is 18.5. The maximum Gasteiger partial charge on any atom is 0.187 e. The van der Waals surface area contributed by atoms with Crippen LogP contribution in [0.5, 0.6) is 0 Å². The van der Waals surface area contributed by atoms with Crippen molar-refractivity contribution >= 4 is 45.7 Å². The van der Waals surface area contributed by atoms with E-state index in [4.69, 9.17) is 11.6 Å². The molecule has 84 valence electrons. The van der Waals surface area contributed by atoms with E-state index >= 15 is 0 Å². The summed E-state index contributed by atoms with van der Waals surface area (Å²) in [6, 6.07) is 4.08. The van der Waals surface area contributed by atoms with Gasteiger partial charge in [0.05, 0.1) is 6.54 Å². The number of thiophene rings is 1. The fraction of sp³-hybridized carbons (Fsp3) is 0.200. The molecule has 0 saturated heterocycles. The third-order valence-electron chi connectivity index (χ3n) is 2.01. The van der Waals surface area contributed by atoms with Gasteiger partial charge in [-0.2, -0.15) is 0 Å². The molecule has 0 amide bonds. The first-order valence-electron chi connectivity index (χ1n) is 4.55. The summed E-state index contributed by atoms with van der Waals surface area (Å²) in [6.45, 7) is 0.778. The molecule has 0 aliphatic heterocycles. The van der Waals surface area contributed by atoms with E-state index in [0.29, 0.717) is 4.88 Å². The molecule has 2 aromatic rings. The SMILES string of the molecule is CN(Cc1cccs1)c1nc(Cl)c(C=O)s1. The van der Waals surface area contributed by atoms with Crippen LogP contribution >= 0.6 is 34.3 Å². The molecular weight excluding hydrogens is 264 g/mol. The van der Waals surface area contributed by atoms with Crippen LogP contribution in [0.15, 0.2) is 17.5 Å². The van der Waals surface area contributed by atoms with E-state index in [1.54, 1.807) is 11.3 Å². The van der Waals surface area contributed by atoms with Gasteiger partial charge in [-0.15, -0.1) is 11.3 Å². The topological polar surface area (TPSA) is 33.2 Å². The Labute approximate surface area is 106 Å². The number of anilines is 1. The van der Waals surface area contributed by atoms with E-state index in [1.807, 2.05) is 23.4 Å². The molecule has 2 rings (SSSR count). The largest absolute Gasteiger partial charge is 0.346 e. The van der Waals surface area contributed by atoms with Crippen LogP contribution in [0.3, 0.4) is 0 Å². The van der Waals surface area contributed by atoms with E-state index in [-0.39, 0.29) is 5.15 Å². The fourth-order valence-electron chi connectivity index (χ4n) is 1.24. The molecule has 0 fully saturated rings. The third-order valence-corrected chi connectivity index (χ3v) is 4.36. The van der Waals surface area contributed by atoms with Crippen LogP contribution in [0, 0.1) is 0 Å². The van der Waals surface area contributed by atoms with Crippen LogP contribution in [0.2, 0.25) is 5.15 Å². The molecule has 0 N–H and O–H groups in total. The molecule has 0 aliphatic carbocycles. The van der Waals surface area contributed by atoms with Crippen molar-refractivity contribution in [2.75, 3.05) is 11.9 Å². The third kappa shape index (κ3) is 2.42. The number of halogens is 1. The molecule has 6 heteroatoms. The second-order valence-electron chi connectivity index (χ2n) is 3.20. The molecule has 0 aromatic carbocycles. The molecule has 0 saturated carbocycles. The zero-order chi connectivity index (χ0) is 11.5. The molecule has 2 heterocycles. The highest BCUT2D eigenvalue weighted by molar-refractivity contribution is 7.17. The van der Waals surface area contributed by atoms with Crippen molar-refractivity contribution in [2.45, 2.75) is 6.54 Å². The molecule has 2 aromatic heterocycles. The average molecular weight is 273 g/mol. The van der Waals surface area contributed by atoms with Gasteiger partial charge in [0.25, 0.3) is 0 Å². The Bertz CT molecular complexity index is 481. The van der Waals surface area contributed by atoms with Crippen LogP contribution in [-0.2, 0) is 6.54 Å². The maximum absolute atomic E-state index is 10.6. The number of aldehydes is 1. The summed E-state index contributed by atoms with van der Waals surface area (Å²) in [5.41, 5.74) is 0. The second-order valence-corrected chi connectivity index (χ2v) is 5.60. The molecule has 0 aliphatic rings. The van der Waals surface area contributed by atoms with Gasteiger partial charge in [0.15, 0.2) is 16.6 Å². The Morgan fingerprint density at radius 3 is 3.00 bits per heavy atom. The Morgan fingerprint density at radius 2 is 2.44 bits per heavy atom. The van der Waals surface area contributed by atoms with Crippen molar-refractivity contribution < 1.29 is 4.79 Å². The zero-order valence-corrected chi connectivity index (χ0v) is 10.9. The highest BCUT2D eigenvalue weighted by atomic mass is 35.5. The van der Waals surface area contributed by atoms with Gasteiger partial charge in [0, 0.05) is 11.9 Å². The van der Waals surface area contributed by atoms with Gasteiger partial charge < -0.3 is 4.90 Å². The van der Waals surface area contributed by atoms with Gasteiger partial charge in [-0.1, -0.05) is 29.0 Å². The first-order chi connectivity index (χ1) is 7.70. The van der Waals surface area contributed by atoms with Gasteiger partial charge >= 0.3 is 0 Å². The molecule has 3 nitrogen and oxygen atoms in total. The van der Waals surface area contributed by atoms with E-state index in [2.05, 4.69) is 11.1 Å². The summed E-state index contributed by atoms with van der Waals surface area (Å²) in [6.07, 6.45) is 0.739. The van der Waals surface area contributed by atoms with Crippen LogP contribution in [-0.4, -0.2) is 18.3 Å². The Kier molecular flexibility index (Phi) is 3.58. The smallest absolute Gasteiger partial charge is 0.187 e. The number of rotatable bonds is 4. The van der Waals surface area contributed by atoms with Crippen molar-refractivity contribution in [1.29, 1.82) is 0 Å². The minimum Gasteiger partial charge on any atom is -0.346 e. The minimum atomic E-state index is 0.285. The Morgan fingerprint density at radius 1 is 1.62 bits per heavy atom. The lowest BCUT2D eigenvalue weighted by molar-refractivity contribution is 0.112. The van der Waals surface area contributed by atoms with Crippen LogP contribution < -0.4 is 4.90 Å². The number of carbonyl (C=O) groups is 1. The molecule has 0 atom stereocenters. The van der Waals surface area contributed by atoms with Crippen LogP contribution in [0.1, 0.15) is 14.5 Å². The number of aromatic nitrogens is 1. The summed E-state index contributed by atoms with van der Waals surface area (Å²) in [5, 5.41) is 3.09. The summed E-state index contributed by atoms with van der Waals surface area (Å²) >= 11 is 8.82. The van der Waals surface area contributed by atoms with E-state index < -0.39 is 0 Å². The quantitative estimate of drug-likeness (QED) is 0.801. The lowest BCUT2D eigenvalue weighted by Gasteiger charge is -2.13. The molecule has 0 unspecified atom stereocenters. The summed E-state index contributed by atoms with van der Waals surface area (Å²) in [5.74, 6) is 0. The van der Waals surface area contributed by atoms with Crippen molar-refractivity contribution in [3.63, 3.8) is 0 Å². The van der Waals surface area contributed by atoms with Crippen LogP contribution in [0.25, 0.3) is 0 Å². The number of hydrogen-bond donors (Lipinski definition) is 0. The van der Waals surface area contributed by atoms with E-state index in [1.165, 1.54) is 16.2 Å². The predicted molar refractivity (Wildman–Crippen MR) is 68.9 cm³/mol. The number of hydrogen-bond acceptors (Lipinski definition) is 5. The lowest BCUT2D eigenvalue weighted by Crippen LogP contribution is -2.14. The molecule has 16 heavy (non-hydrogen) atoms. The Hall–Kier alpha value is -0.910. The minimum absolute atomic E-state index is 0.285. The van der Waals surface area contributed by atoms with E-state index in [9.17, 15) is 4.79 Å². The van der Waals surface area contributed by atoms with Gasteiger partial charge in [-0.3, -0.25) is 4.79 Å². The summed E-state index contributed by atoms with van der Waals surface area (Å²) in [7, 11) is 1.93. The van der Waals surface area contributed by atoms with Crippen molar-refractivity contribution in [1.82, 2.24) is 4.98 Å². The second kappa shape index (κ2) is 4.95. The van der Waals surface area contributed by atoms with Crippen molar-refractivity contribution in [3.05, 3.63) is 32.4 Å². The van der Waals surface area contributed by atoms with Gasteiger partial charge in [0.1, 0.15) is 4.88 Å². The zero-order valence-electron chi connectivity index (χ0n) is 8.51. The predicted octanol–water partition coefficient (Wildman–Crippen LogP) is 3.31. The molecule has 0 radical (unpaired) electrons. The number of nitrogens with zero attached hydrogens (tertiary/aromatic N) is 2. The van der Waals surface area contributed by atoms with Gasteiger partial charge in [0.2, 0.25) is 0 Å². The van der Waals surface area contributed by atoms with Crippen molar-refractivity contribution in [2.24, 2.45) is 0 Å². The fourth-order valence-corrected chi connectivity index (χ4v) is 3.02. The van der Waals surface area contributed by atoms with Crippen molar-refractivity contribution in [3.8, 4) is 0 Å². The highest BCUT2D eigenvalue weighted by Gasteiger charge is 2.12. The van der Waals surface area contributed by atoms with Crippen LogP contribution in [0.4, 0.5) is 5.13 Å². The Balaban J connectivity index is 2.14. The first-order valence-corrected chi connectivity index (χ1v) is 6.63. The highest BCUT2D eigenvalue weighted by Crippen LogP contribution is 2.28. The molecular formula is C10H9ClN2OS2. The average Bonchev–Trinajstić information content (AvgIpc) is 2.87. The maximum atomic E-state index is 10.6. The standard InChI is InChI=1S/C10H9ClN2OS2/c1-13(5-7-3-2-4-15-7)10-12-9(11)8(6-14)16-10/h2-4,6H,5H2,1H3. The number of carbonyl (C=O) groups excluding carboxylic acids is 1. The monoisotopic (exact) mass is 272 g/mol. The molecule has 0 bridgehead atoms. The first kappa shape index (κ1) is 11.6. The van der Waals surface area contributed by atoms with E-state index in [0.717, 1.165) is 18.0 Å². The van der Waals surface area contributed by atoms with Gasteiger partial charge in [-0.05, 0) is 11.4 Å². The normalized spacial score (nSPS) is 10.4. The number of thiazole rings is 1.